The Balaban J connectivity index is 1.68. The van der Waals surface area contributed by atoms with Crippen molar-refractivity contribution in [3.05, 3.63) is 29.8 Å². The number of rotatable bonds is 3. The summed E-state index contributed by atoms with van der Waals surface area (Å²) in [4.78, 5) is 13.7. The Morgan fingerprint density at radius 1 is 1.19 bits per heavy atom. The zero-order valence-electron chi connectivity index (χ0n) is 12.8. The summed E-state index contributed by atoms with van der Waals surface area (Å²) in [6.07, 6.45) is 2.32. The number of carboxylic acids is 1. The molecule has 114 valence electrons. The number of nitrogens with zero attached hydrogens (tertiary/aromatic N) is 1. The van der Waals surface area contributed by atoms with Crippen molar-refractivity contribution in [1.82, 2.24) is 0 Å². The molecule has 2 saturated heterocycles. The summed E-state index contributed by atoms with van der Waals surface area (Å²) in [7, 11) is 0. The lowest BCUT2D eigenvalue weighted by Crippen LogP contribution is -2.58. The molecule has 1 aromatic rings. The van der Waals surface area contributed by atoms with Crippen molar-refractivity contribution in [2.75, 3.05) is 31.2 Å². The first-order valence-electron chi connectivity index (χ1n) is 7.60. The number of anilines is 1. The van der Waals surface area contributed by atoms with Crippen molar-refractivity contribution in [3.8, 4) is 0 Å². The van der Waals surface area contributed by atoms with Gasteiger partial charge in [0, 0.05) is 37.4 Å². The average Bonchev–Trinajstić information content (AvgIpc) is 2.45. The summed E-state index contributed by atoms with van der Waals surface area (Å²) >= 11 is 0. The van der Waals surface area contributed by atoms with Crippen LogP contribution in [-0.4, -0.2) is 37.4 Å². The summed E-state index contributed by atoms with van der Waals surface area (Å²) < 4.78 is 5.44. The molecule has 0 unspecified atom stereocenters. The Morgan fingerprint density at radius 2 is 1.76 bits per heavy atom. The Bertz CT molecular complexity index is 521. The maximum atomic E-state index is 11.3. The second-order valence-corrected chi connectivity index (χ2v) is 6.95. The Kier molecular flexibility index (Phi) is 3.44. The van der Waals surface area contributed by atoms with E-state index in [-0.39, 0.29) is 0 Å². The Hall–Kier alpha value is -1.55. The largest absolute Gasteiger partial charge is 0.481 e. The van der Waals surface area contributed by atoms with E-state index in [4.69, 9.17) is 4.74 Å². The summed E-state index contributed by atoms with van der Waals surface area (Å²) in [5.74, 6) is -0.791. The predicted octanol–water partition coefficient (Wildman–Crippen LogP) is 2.67. The van der Waals surface area contributed by atoms with Gasteiger partial charge in [0.2, 0.25) is 0 Å². The number of hydrogen-bond acceptors (Lipinski definition) is 3. The molecule has 0 amide bonds. The van der Waals surface area contributed by atoms with E-state index in [9.17, 15) is 9.90 Å². The van der Waals surface area contributed by atoms with Gasteiger partial charge in [-0.25, -0.2) is 0 Å². The van der Waals surface area contributed by atoms with Crippen LogP contribution >= 0.6 is 0 Å². The fourth-order valence-electron chi connectivity index (χ4n) is 3.28. The quantitative estimate of drug-likeness (QED) is 0.929. The van der Waals surface area contributed by atoms with E-state index in [0.29, 0.717) is 5.41 Å². The Labute approximate surface area is 125 Å². The molecule has 1 aromatic carbocycles. The van der Waals surface area contributed by atoms with Crippen molar-refractivity contribution >= 4 is 11.7 Å². The van der Waals surface area contributed by atoms with Gasteiger partial charge < -0.3 is 14.7 Å². The third-order valence-electron chi connectivity index (χ3n) is 5.09. The second kappa shape index (κ2) is 5.02. The molecule has 0 bridgehead atoms. The molecule has 2 aliphatic heterocycles. The fourth-order valence-corrected chi connectivity index (χ4v) is 3.28. The van der Waals surface area contributed by atoms with Gasteiger partial charge in [-0.1, -0.05) is 12.1 Å². The molecule has 0 aliphatic carbocycles. The molecule has 2 aliphatic rings. The lowest BCUT2D eigenvalue weighted by atomic mass is 9.73. The predicted molar refractivity (Wildman–Crippen MR) is 81.8 cm³/mol. The van der Waals surface area contributed by atoms with E-state index >= 15 is 0 Å². The van der Waals surface area contributed by atoms with Crippen LogP contribution in [0, 0.1) is 5.41 Å². The second-order valence-electron chi connectivity index (χ2n) is 6.95. The monoisotopic (exact) mass is 289 g/mol. The first kappa shape index (κ1) is 14.4. The molecule has 4 heteroatoms. The number of hydrogen-bond donors (Lipinski definition) is 1. The van der Waals surface area contributed by atoms with Crippen LogP contribution in [-0.2, 0) is 14.9 Å². The lowest BCUT2D eigenvalue weighted by molar-refractivity contribution is -0.142. The number of benzene rings is 1. The van der Waals surface area contributed by atoms with Gasteiger partial charge in [-0.3, -0.25) is 4.79 Å². The van der Waals surface area contributed by atoms with Crippen LogP contribution < -0.4 is 4.90 Å². The minimum absolute atomic E-state index is 0.456. The zero-order chi connectivity index (χ0) is 15.1. The number of carbonyl (C=O) groups is 1. The normalized spacial score (nSPS) is 21.1. The van der Waals surface area contributed by atoms with Crippen molar-refractivity contribution in [3.63, 3.8) is 0 Å². The van der Waals surface area contributed by atoms with Crippen LogP contribution in [0.15, 0.2) is 24.3 Å². The number of aliphatic carboxylic acids is 1. The van der Waals surface area contributed by atoms with Crippen LogP contribution in [0.5, 0.6) is 0 Å². The summed E-state index contributed by atoms with van der Waals surface area (Å²) in [6.45, 7) is 7.45. The maximum Gasteiger partial charge on any atom is 0.313 e. The minimum Gasteiger partial charge on any atom is -0.481 e. The first-order chi connectivity index (χ1) is 9.93. The summed E-state index contributed by atoms with van der Waals surface area (Å²) in [5.41, 5.74) is 1.66. The Morgan fingerprint density at radius 3 is 2.29 bits per heavy atom. The SMILES string of the molecule is CC(C)(C(=O)O)c1ccc(N2CC3(CCOCC3)C2)cc1. The fraction of sp³-hybridized carbons (Fsp3) is 0.588. The molecule has 21 heavy (non-hydrogen) atoms. The molecule has 1 N–H and O–H groups in total. The topological polar surface area (TPSA) is 49.8 Å². The zero-order valence-corrected chi connectivity index (χ0v) is 12.8. The average molecular weight is 289 g/mol. The van der Waals surface area contributed by atoms with Crippen molar-refractivity contribution < 1.29 is 14.6 Å². The first-order valence-corrected chi connectivity index (χ1v) is 7.60. The van der Waals surface area contributed by atoms with E-state index in [2.05, 4.69) is 4.90 Å². The summed E-state index contributed by atoms with van der Waals surface area (Å²) in [6, 6.07) is 7.98. The molecular weight excluding hydrogens is 266 g/mol. The highest BCUT2D eigenvalue weighted by atomic mass is 16.5. The van der Waals surface area contributed by atoms with Gasteiger partial charge in [0.15, 0.2) is 0 Å². The molecular formula is C17H23NO3. The van der Waals surface area contributed by atoms with E-state index in [1.54, 1.807) is 13.8 Å². The third-order valence-corrected chi connectivity index (χ3v) is 5.09. The van der Waals surface area contributed by atoms with Gasteiger partial charge in [-0.2, -0.15) is 0 Å². The highest BCUT2D eigenvalue weighted by Crippen LogP contribution is 2.42. The molecule has 0 aromatic heterocycles. The van der Waals surface area contributed by atoms with E-state index in [0.717, 1.165) is 44.7 Å². The van der Waals surface area contributed by atoms with Crippen molar-refractivity contribution in [2.24, 2.45) is 5.41 Å². The van der Waals surface area contributed by atoms with Gasteiger partial charge in [0.05, 0.1) is 5.41 Å². The molecule has 4 nitrogen and oxygen atoms in total. The van der Waals surface area contributed by atoms with E-state index in [1.807, 2.05) is 24.3 Å². The van der Waals surface area contributed by atoms with Gasteiger partial charge >= 0.3 is 5.97 Å². The lowest BCUT2D eigenvalue weighted by Gasteiger charge is -2.53. The highest BCUT2D eigenvalue weighted by Gasteiger charge is 2.43. The number of ether oxygens (including phenoxy) is 1. The van der Waals surface area contributed by atoms with Gasteiger partial charge in [0.1, 0.15) is 0 Å². The van der Waals surface area contributed by atoms with Crippen LogP contribution in [0.1, 0.15) is 32.3 Å². The minimum atomic E-state index is -0.838. The summed E-state index contributed by atoms with van der Waals surface area (Å²) in [5, 5.41) is 9.27. The van der Waals surface area contributed by atoms with Crippen molar-refractivity contribution in [2.45, 2.75) is 32.1 Å². The molecule has 2 fully saturated rings. The molecule has 0 saturated carbocycles. The number of carboxylic acid groups (broad SMARTS) is 1. The van der Waals surface area contributed by atoms with Gasteiger partial charge in [0.25, 0.3) is 0 Å². The maximum absolute atomic E-state index is 11.3. The van der Waals surface area contributed by atoms with Gasteiger partial charge in [-0.15, -0.1) is 0 Å². The van der Waals surface area contributed by atoms with Crippen LogP contribution in [0.4, 0.5) is 5.69 Å². The van der Waals surface area contributed by atoms with Crippen molar-refractivity contribution in [1.29, 1.82) is 0 Å². The van der Waals surface area contributed by atoms with Crippen LogP contribution in [0.2, 0.25) is 0 Å². The molecule has 0 radical (unpaired) electrons. The van der Waals surface area contributed by atoms with Crippen LogP contribution in [0.3, 0.4) is 0 Å². The smallest absolute Gasteiger partial charge is 0.313 e. The van der Waals surface area contributed by atoms with E-state index < -0.39 is 11.4 Å². The van der Waals surface area contributed by atoms with Crippen LogP contribution in [0.25, 0.3) is 0 Å². The highest BCUT2D eigenvalue weighted by molar-refractivity contribution is 5.80. The molecule has 1 spiro atoms. The van der Waals surface area contributed by atoms with Gasteiger partial charge in [-0.05, 0) is 44.4 Å². The van der Waals surface area contributed by atoms with E-state index in [1.165, 1.54) is 5.69 Å². The molecule has 0 atom stereocenters. The molecule has 2 heterocycles. The third kappa shape index (κ3) is 2.53. The standard InChI is InChI=1S/C17H23NO3/c1-16(2,15(19)20)13-3-5-14(6-4-13)18-11-17(12-18)7-9-21-10-8-17/h3-6H,7-12H2,1-2H3,(H,19,20). The molecule has 3 rings (SSSR count).